The monoisotopic (exact) mass is 359 g/mol. The number of hydrogen-bond donors (Lipinski definition) is 2. The van der Waals surface area contributed by atoms with Gasteiger partial charge in [-0.05, 0) is 24.3 Å². The fraction of sp³-hybridized carbons (Fsp3) is 0.0714. The number of carbonyl (C=O) groups is 2. The van der Waals surface area contributed by atoms with Crippen molar-refractivity contribution in [3.8, 4) is 5.75 Å². The molecule has 0 fully saturated rings. The standard InChI is InChI=1S/C14H9ClF3N3O3/c15-11-9(14(16,17)18)4-7(12(19)22)5-10(11)24-13(23)21-8-2-1-3-20-6-8/h1-6H,(H2,19,22)(H,21,23). The number of aromatic nitrogens is 1. The lowest BCUT2D eigenvalue weighted by Gasteiger charge is -2.14. The Morgan fingerprint density at radius 1 is 1.29 bits per heavy atom. The van der Waals surface area contributed by atoms with E-state index < -0.39 is 40.1 Å². The third-order valence-corrected chi connectivity index (χ3v) is 3.13. The van der Waals surface area contributed by atoms with Gasteiger partial charge in [0.05, 0.1) is 22.5 Å². The minimum atomic E-state index is -4.86. The molecule has 0 radical (unpaired) electrons. The quantitative estimate of drug-likeness (QED) is 0.877. The number of nitrogens with zero attached hydrogens (tertiary/aromatic N) is 1. The van der Waals surface area contributed by atoms with Gasteiger partial charge in [0.15, 0.2) is 5.75 Å². The van der Waals surface area contributed by atoms with Gasteiger partial charge in [-0.25, -0.2) is 4.79 Å². The third-order valence-electron chi connectivity index (χ3n) is 2.74. The molecule has 0 spiro atoms. The first-order valence-corrected chi connectivity index (χ1v) is 6.65. The fourth-order valence-electron chi connectivity index (χ4n) is 1.70. The summed E-state index contributed by atoms with van der Waals surface area (Å²) in [4.78, 5) is 26.7. The van der Waals surface area contributed by atoms with E-state index in [9.17, 15) is 22.8 Å². The Morgan fingerprint density at radius 2 is 2.00 bits per heavy atom. The number of primary amides is 1. The van der Waals surface area contributed by atoms with Crippen LogP contribution in [0.3, 0.4) is 0 Å². The van der Waals surface area contributed by atoms with E-state index in [1.807, 2.05) is 0 Å². The van der Waals surface area contributed by atoms with Crippen molar-refractivity contribution in [2.45, 2.75) is 6.18 Å². The van der Waals surface area contributed by atoms with E-state index in [2.05, 4.69) is 10.3 Å². The Labute approximate surface area is 138 Å². The van der Waals surface area contributed by atoms with Gasteiger partial charge in [0.2, 0.25) is 5.91 Å². The zero-order valence-corrected chi connectivity index (χ0v) is 12.5. The summed E-state index contributed by atoms with van der Waals surface area (Å²) in [5, 5.41) is 1.38. The molecule has 1 aromatic carbocycles. The molecule has 0 unspecified atom stereocenters. The van der Waals surface area contributed by atoms with Crippen molar-refractivity contribution in [3.05, 3.63) is 52.8 Å². The van der Waals surface area contributed by atoms with Crippen LogP contribution in [0.5, 0.6) is 5.75 Å². The van der Waals surface area contributed by atoms with Gasteiger partial charge in [-0.15, -0.1) is 0 Å². The molecule has 3 N–H and O–H groups in total. The first-order chi connectivity index (χ1) is 11.2. The molecule has 0 aliphatic heterocycles. The SMILES string of the molecule is NC(=O)c1cc(OC(=O)Nc2cccnc2)c(Cl)c(C(F)(F)F)c1. The summed E-state index contributed by atoms with van der Waals surface area (Å²) in [5.74, 6) is -1.78. The lowest BCUT2D eigenvalue weighted by molar-refractivity contribution is -0.137. The van der Waals surface area contributed by atoms with E-state index in [1.165, 1.54) is 24.5 Å². The van der Waals surface area contributed by atoms with Crippen molar-refractivity contribution in [1.82, 2.24) is 4.98 Å². The summed E-state index contributed by atoms with van der Waals surface area (Å²) < 4.78 is 43.6. The number of halogens is 4. The average Bonchev–Trinajstić information content (AvgIpc) is 2.48. The normalized spacial score (nSPS) is 11.0. The molecular formula is C14H9ClF3N3O3. The second kappa shape index (κ2) is 6.75. The molecule has 126 valence electrons. The molecule has 2 rings (SSSR count). The van der Waals surface area contributed by atoms with E-state index in [0.29, 0.717) is 6.07 Å². The van der Waals surface area contributed by atoms with Gasteiger partial charge in [-0.3, -0.25) is 15.1 Å². The summed E-state index contributed by atoms with van der Waals surface area (Å²) in [6, 6.07) is 4.34. The van der Waals surface area contributed by atoms with Crippen LogP contribution in [-0.4, -0.2) is 17.0 Å². The van der Waals surface area contributed by atoms with E-state index in [-0.39, 0.29) is 5.69 Å². The highest BCUT2D eigenvalue weighted by Crippen LogP contribution is 2.40. The summed E-state index contributed by atoms with van der Waals surface area (Å²) >= 11 is 5.63. The number of amides is 2. The fourth-order valence-corrected chi connectivity index (χ4v) is 1.96. The van der Waals surface area contributed by atoms with E-state index >= 15 is 0 Å². The Balaban J connectivity index is 2.33. The molecule has 24 heavy (non-hydrogen) atoms. The maximum absolute atomic E-state index is 13.0. The number of benzene rings is 1. The number of rotatable bonds is 3. The Bertz CT molecular complexity index is 782. The second-order valence-corrected chi connectivity index (χ2v) is 4.83. The van der Waals surface area contributed by atoms with Crippen molar-refractivity contribution in [2.24, 2.45) is 5.73 Å². The largest absolute Gasteiger partial charge is 0.418 e. The Kier molecular flexibility index (Phi) is 4.93. The highest BCUT2D eigenvalue weighted by Gasteiger charge is 2.36. The number of nitrogens with one attached hydrogen (secondary N) is 1. The molecule has 0 bridgehead atoms. The number of hydrogen-bond acceptors (Lipinski definition) is 4. The van der Waals surface area contributed by atoms with E-state index in [1.54, 1.807) is 0 Å². The van der Waals surface area contributed by atoms with Gasteiger partial charge >= 0.3 is 12.3 Å². The van der Waals surface area contributed by atoms with Crippen LogP contribution in [-0.2, 0) is 6.18 Å². The highest BCUT2D eigenvalue weighted by atomic mass is 35.5. The first-order valence-electron chi connectivity index (χ1n) is 6.28. The van der Waals surface area contributed by atoms with Crippen molar-refractivity contribution in [1.29, 1.82) is 0 Å². The van der Waals surface area contributed by atoms with Crippen LogP contribution in [0.1, 0.15) is 15.9 Å². The molecule has 10 heteroatoms. The van der Waals surface area contributed by atoms with Gasteiger partial charge in [0.25, 0.3) is 0 Å². The smallest absolute Gasteiger partial charge is 0.408 e. The molecule has 6 nitrogen and oxygen atoms in total. The van der Waals surface area contributed by atoms with Crippen LogP contribution in [0.25, 0.3) is 0 Å². The zero-order valence-electron chi connectivity index (χ0n) is 11.7. The van der Waals surface area contributed by atoms with Crippen LogP contribution in [0, 0.1) is 0 Å². The number of nitrogens with two attached hydrogens (primary N) is 1. The Morgan fingerprint density at radius 3 is 2.54 bits per heavy atom. The number of alkyl halides is 3. The zero-order chi connectivity index (χ0) is 17.9. The number of carbonyl (C=O) groups excluding carboxylic acids is 2. The molecule has 1 aromatic heterocycles. The van der Waals surface area contributed by atoms with Crippen LogP contribution in [0.15, 0.2) is 36.7 Å². The maximum atomic E-state index is 13.0. The third kappa shape index (κ3) is 4.13. The van der Waals surface area contributed by atoms with Gasteiger partial charge < -0.3 is 10.5 Å². The number of pyridine rings is 1. The lowest BCUT2D eigenvalue weighted by Crippen LogP contribution is -2.19. The van der Waals surface area contributed by atoms with Crippen LogP contribution >= 0.6 is 11.6 Å². The minimum Gasteiger partial charge on any atom is -0.408 e. The number of anilines is 1. The van der Waals surface area contributed by atoms with Crippen molar-refractivity contribution < 1.29 is 27.5 Å². The molecule has 0 aliphatic carbocycles. The van der Waals surface area contributed by atoms with E-state index in [4.69, 9.17) is 22.1 Å². The number of ether oxygens (including phenoxy) is 1. The maximum Gasteiger partial charge on any atom is 0.418 e. The van der Waals surface area contributed by atoms with Crippen molar-refractivity contribution in [2.75, 3.05) is 5.32 Å². The Hall–Kier alpha value is -2.81. The van der Waals surface area contributed by atoms with Gasteiger partial charge in [0, 0.05) is 11.8 Å². The molecule has 0 saturated carbocycles. The van der Waals surface area contributed by atoms with Crippen LogP contribution in [0.4, 0.5) is 23.7 Å². The average molecular weight is 360 g/mol. The molecule has 0 atom stereocenters. The highest BCUT2D eigenvalue weighted by molar-refractivity contribution is 6.33. The predicted octanol–water partition coefficient (Wildman–Crippen LogP) is 3.46. The van der Waals surface area contributed by atoms with Gasteiger partial charge in [-0.2, -0.15) is 13.2 Å². The predicted molar refractivity (Wildman–Crippen MR) is 78.9 cm³/mol. The van der Waals surface area contributed by atoms with Gasteiger partial charge in [-0.1, -0.05) is 11.6 Å². The molecule has 2 amide bonds. The van der Waals surface area contributed by atoms with Crippen LogP contribution in [0.2, 0.25) is 5.02 Å². The van der Waals surface area contributed by atoms with Gasteiger partial charge in [0.1, 0.15) is 0 Å². The van der Waals surface area contributed by atoms with E-state index in [0.717, 1.165) is 6.07 Å². The van der Waals surface area contributed by atoms with Crippen LogP contribution < -0.4 is 15.8 Å². The molecule has 1 heterocycles. The summed E-state index contributed by atoms with van der Waals surface area (Å²) in [7, 11) is 0. The molecule has 0 saturated heterocycles. The molecule has 0 aliphatic rings. The van der Waals surface area contributed by atoms with Crippen molar-refractivity contribution >= 4 is 29.3 Å². The minimum absolute atomic E-state index is 0.251. The van der Waals surface area contributed by atoms with Crippen molar-refractivity contribution in [3.63, 3.8) is 0 Å². The first kappa shape index (κ1) is 17.5. The second-order valence-electron chi connectivity index (χ2n) is 4.45. The summed E-state index contributed by atoms with van der Waals surface area (Å²) in [6.07, 6.45) is -3.22. The topological polar surface area (TPSA) is 94.3 Å². The summed E-state index contributed by atoms with van der Waals surface area (Å²) in [5.41, 5.74) is 3.39. The lowest BCUT2D eigenvalue weighted by atomic mass is 10.1. The molecular weight excluding hydrogens is 351 g/mol. The molecule has 2 aromatic rings. The summed E-state index contributed by atoms with van der Waals surface area (Å²) in [6.45, 7) is 0.